The molecule has 1 aromatic rings. The third-order valence-electron chi connectivity index (χ3n) is 5.41. The minimum atomic E-state index is -0.521. The van der Waals surface area contributed by atoms with Crippen LogP contribution in [0.3, 0.4) is 0 Å². The highest BCUT2D eigenvalue weighted by atomic mass is 16.6. The van der Waals surface area contributed by atoms with E-state index in [0.717, 1.165) is 12.3 Å². The molecule has 0 heterocycles. The molecule has 2 bridgehead atoms. The first-order chi connectivity index (χ1) is 11.4. The average molecular weight is 331 g/mol. The smallest absolute Gasteiger partial charge is 0.306 e. The van der Waals surface area contributed by atoms with Crippen LogP contribution in [-0.2, 0) is 9.53 Å². The molecule has 0 N–H and O–H groups in total. The number of nitro groups is 1. The lowest BCUT2D eigenvalue weighted by Gasteiger charge is -2.20. The van der Waals surface area contributed by atoms with E-state index in [4.69, 9.17) is 4.74 Å². The van der Waals surface area contributed by atoms with Gasteiger partial charge in [0.2, 0.25) is 5.78 Å². The Morgan fingerprint density at radius 3 is 2.71 bits per heavy atom. The highest BCUT2D eigenvalue weighted by molar-refractivity contribution is 5.98. The van der Waals surface area contributed by atoms with Crippen molar-refractivity contribution in [2.24, 2.45) is 17.8 Å². The minimum Gasteiger partial charge on any atom is -0.457 e. The van der Waals surface area contributed by atoms with E-state index in [-0.39, 0.29) is 23.8 Å². The van der Waals surface area contributed by atoms with Crippen molar-refractivity contribution in [1.82, 2.24) is 0 Å². The fourth-order valence-corrected chi connectivity index (χ4v) is 4.11. The number of nitrogens with zero attached hydrogens (tertiary/aromatic N) is 1. The van der Waals surface area contributed by atoms with Crippen LogP contribution < -0.4 is 0 Å². The monoisotopic (exact) mass is 331 g/mol. The van der Waals surface area contributed by atoms with Gasteiger partial charge in [-0.1, -0.05) is 18.6 Å². The van der Waals surface area contributed by atoms with Gasteiger partial charge < -0.3 is 4.74 Å². The average Bonchev–Trinajstić information content (AvgIpc) is 3.15. The Labute approximate surface area is 140 Å². The Bertz CT molecular complexity index is 684. The minimum absolute atomic E-state index is 0.103. The first-order valence-corrected chi connectivity index (χ1v) is 8.38. The molecule has 1 aromatic carbocycles. The number of ketones is 1. The quantitative estimate of drug-likeness (QED) is 0.345. The number of esters is 1. The van der Waals surface area contributed by atoms with E-state index >= 15 is 0 Å². The number of rotatable bonds is 6. The normalized spacial score (nSPS) is 24.8. The maximum absolute atomic E-state index is 12.1. The third kappa shape index (κ3) is 3.47. The molecule has 6 heteroatoms. The number of benzene rings is 1. The van der Waals surface area contributed by atoms with Gasteiger partial charge in [-0.15, -0.1) is 0 Å². The number of nitro benzene ring substituents is 1. The Kier molecular flexibility index (Phi) is 4.64. The van der Waals surface area contributed by atoms with Gasteiger partial charge in [-0.25, -0.2) is 0 Å². The van der Waals surface area contributed by atoms with E-state index < -0.39 is 10.7 Å². The van der Waals surface area contributed by atoms with Gasteiger partial charge in [0, 0.05) is 23.6 Å². The summed E-state index contributed by atoms with van der Waals surface area (Å²) in [5.41, 5.74) is 0.582. The van der Waals surface area contributed by atoms with Crippen LogP contribution in [0.15, 0.2) is 18.2 Å². The molecule has 24 heavy (non-hydrogen) atoms. The van der Waals surface area contributed by atoms with Crippen LogP contribution in [0.4, 0.5) is 5.69 Å². The lowest BCUT2D eigenvalue weighted by atomic mass is 9.86. The molecule has 2 aliphatic rings. The fraction of sp³-hybridized carbons (Fsp3) is 0.556. The molecule has 6 nitrogen and oxygen atoms in total. The number of ether oxygens (including phenoxy) is 1. The molecule has 0 radical (unpaired) electrons. The summed E-state index contributed by atoms with van der Waals surface area (Å²) >= 11 is 0. The molecular formula is C18H21NO5. The van der Waals surface area contributed by atoms with Crippen LogP contribution in [0.25, 0.3) is 0 Å². The van der Waals surface area contributed by atoms with E-state index in [9.17, 15) is 19.7 Å². The number of hydrogen-bond donors (Lipinski definition) is 0. The Morgan fingerprint density at radius 1 is 1.29 bits per heavy atom. The van der Waals surface area contributed by atoms with Gasteiger partial charge in [-0.2, -0.15) is 0 Å². The number of carbonyl (C=O) groups excluding carboxylic acids is 2. The molecule has 0 amide bonds. The summed E-state index contributed by atoms with van der Waals surface area (Å²) in [4.78, 5) is 34.5. The fourth-order valence-electron chi connectivity index (χ4n) is 4.11. The maximum atomic E-state index is 12.1. The zero-order valence-corrected chi connectivity index (χ0v) is 13.7. The van der Waals surface area contributed by atoms with E-state index in [0.29, 0.717) is 23.8 Å². The van der Waals surface area contributed by atoms with Gasteiger partial charge in [0.25, 0.3) is 5.69 Å². The molecule has 0 aliphatic heterocycles. The van der Waals surface area contributed by atoms with Crippen LogP contribution in [0.5, 0.6) is 0 Å². The molecule has 2 fully saturated rings. The second-order valence-corrected chi connectivity index (χ2v) is 6.98. The Hall–Kier alpha value is -2.24. The summed E-state index contributed by atoms with van der Waals surface area (Å²) in [7, 11) is 0. The van der Waals surface area contributed by atoms with E-state index in [1.54, 1.807) is 6.92 Å². The van der Waals surface area contributed by atoms with Crippen molar-refractivity contribution in [3.05, 3.63) is 39.4 Å². The van der Waals surface area contributed by atoms with Gasteiger partial charge >= 0.3 is 5.97 Å². The molecular weight excluding hydrogens is 310 g/mol. The zero-order valence-electron chi connectivity index (χ0n) is 13.7. The summed E-state index contributed by atoms with van der Waals surface area (Å²) in [6.45, 7) is 1.25. The number of Topliss-reactive ketones (excluding diaryl/α,β-unsaturated/α-hetero) is 1. The van der Waals surface area contributed by atoms with Crippen LogP contribution in [-0.4, -0.2) is 23.3 Å². The summed E-state index contributed by atoms with van der Waals surface area (Å²) < 4.78 is 5.10. The summed E-state index contributed by atoms with van der Waals surface area (Å²) in [6.07, 6.45) is 5.18. The molecule has 0 spiro atoms. The second kappa shape index (κ2) is 6.71. The zero-order chi connectivity index (χ0) is 17.3. The van der Waals surface area contributed by atoms with E-state index in [1.807, 2.05) is 0 Å². The lowest BCUT2D eigenvalue weighted by Crippen LogP contribution is -2.19. The van der Waals surface area contributed by atoms with Gasteiger partial charge in [0.15, 0.2) is 6.61 Å². The second-order valence-electron chi connectivity index (χ2n) is 6.98. The first-order valence-electron chi connectivity index (χ1n) is 8.38. The van der Waals surface area contributed by atoms with Crippen molar-refractivity contribution >= 4 is 17.4 Å². The molecule has 2 saturated carbocycles. The van der Waals surface area contributed by atoms with Crippen LogP contribution >= 0.6 is 0 Å². The third-order valence-corrected chi connectivity index (χ3v) is 5.41. The van der Waals surface area contributed by atoms with E-state index in [1.165, 1.54) is 37.5 Å². The Morgan fingerprint density at radius 2 is 2.08 bits per heavy atom. The molecule has 0 saturated heterocycles. The summed E-state index contributed by atoms with van der Waals surface area (Å²) in [5.74, 6) is 1.04. The number of aryl methyl sites for hydroxylation is 1. The summed E-state index contributed by atoms with van der Waals surface area (Å²) in [6, 6.07) is 4.29. The van der Waals surface area contributed by atoms with Crippen LogP contribution in [0.1, 0.15) is 48.0 Å². The van der Waals surface area contributed by atoms with Crippen molar-refractivity contribution in [1.29, 1.82) is 0 Å². The predicted molar refractivity (Wildman–Crippen MR) is 86.7 cm³/mol. The van der Waals surface area contributed by atoms with Gasteiger partial charge in [0.1, 0.15) is 0 Å². The molecule has 0 unspecified atom stereocenters. The van der Waals surface area contributed by atoms with Crippen molar-refractivity contribution in [2.75, 3.05) is 6.61 Å². The van der Waals surface area contributed by atoms with Crippen molar-refractivity contribution < 1.29 is 19.2 Å². The number of fused-ring (bicyclic) bond motifs is 2. The molecule has 3 atom stereocenters. The van der Waals surface area contributed by atoms with Gasteiger partial charge in [-0.05, 0) is 43.9 Å². The Balaban J connectivity index is 1.52. The highest BCUT2D eigenvalue weighted by Crippen LogP contribution is 2.49. The standard InChI is InChI=1S/C18H21NO5/c1-11-2-4-14(8-16(11)19(22)23)17(20)10-24-18(21)9-15-7-12-3-5-13(15)6-12/h2,4,8,12-13,15H,3,5-7,9-10H2,1H3/t12-,13-,15+/m1/s1. The van der Waals surface area contributed by atoms with Crippen molar-refractivity contribution in [3.8, 4) is 0 Å². The van der Waals surface area contributed by atoms with Crippen molar-refractivity contribution in [3.63, 3.8) is 0 Å². The highest BCUT2D eigenvalue weighted by Gasteiger charge is 2.40. The number of carbonyl (C=O) groups is 2. The van der Waals surface area contributed by atoms with Gasteiger partial charge in [0.05, 0.1) is 4.92 Å². The predicted octanol–water partition coefficient (Wildman–Crippen LogP) is 3.46. The SMILES string of the molecule is Cc1ccc(C(=O)COC(=O)C[C@@H]2C[C@@H]3CC[C@@H]2C3)cc1[N+](=O)[O-]. The number of hydrogen-bond acceptors (Lipinski definition) is 5. The van der Waals surface area contributed by atoms with E-state index in [2.05, 4.69) is 0 Å². The topological polar surface area (TPSA) is 86.5 Å². The molecule has 128 valence electrons. The summed E-state index contributed by atoms with van der Waals surface area (Å²) in [5, 5.41) is 10.9. The lowest BCUT2D eigenvalue weighted by molar-refractivity contribution is -0.385. The largest absolute Gasteiger partial charge is 0.457 e. The molecule has 3 rings (SSSR count). The molecule has 0 aromatic heterocycles. The maximum Gasteiger partial charge on any atom is 0.306 e. The first kappa shape index (κ1) is 16.6. The van der Waals surface area contributed by atoms with Crippen molar-refractivity contribution in [2.45, 2.75) is 39.0 Å². The van der Waals surface area contributed by atoms with Crippen LogP contribution in [0, 0.1) is 34.8 Å². The molecule has 2 aliphatic carbocycles. The van der Waals surface area contributed by atoms with Crippen LogP contribution in [0.2, 0.25) is 0 Å². The van der Waals surface area contributed by atoms with Gasteiger partial charge in [-0.3, -0.25) is 19.7 Å².